The summed E-state index contributed by atoms with van der Waals surface area (Å²) in [6.07, 6.45) is -5.13. The Morgan fingerprint density at radius 1 is 1.05 bits per heavy atom. The maximum atomic E-state index is 12.2. The van der Waals surface area contributed by atoms with E-state index in [4.69, 9.17) is 18.9 Å². The predicted octanol–water partition coefficient (Wildman–Crippen LogP) is -0.510. The quantitative estimate of drug-likeness (QED) is 0.142. The molecule has 13 heteroatoms. The van der Waals surface area contributed by atoms with E-state index in [0.717, 1.165) is 18.9 Å². The number of hydrogen-bond donors (Lipinski definition) is 5. The van der Waals surface area contributed by atoms with Gasteiger partial charge < -0.3 is 49.2 Å². The lowest BCUT2D eigenvalue weighted by Gasteiger charge is -2.41. The third-order valence-corrected chi connectivity index (χ3v) is 6.08. The van der Waals surface area contributed by atoms with Crippen molar-refractivity contribution in [3.8, 4) is 0 Å². The molecule has 1 saturated heterocycles. The second-order valence-electron chi connectivity index (χ2n) is 8.59. The van der Waals surface area contributed by atoms with Crippen LogP contribution in [-0.2, 0) is 38.1 Å². The van der Waals surface area contributed by atoms with Gasteiger partial charge in [0.25, 0.3) is 0 Å². The van der Waals surface area contributed by atoms with Gasteiger partial charge in [-0.25, -0.2) is 9.59 Å². The zero-order valence-corrected chi connectivity index (χ0v) is 20.9. The second-order valence-corrected chi connectivity index (χ2v) is 8.59. The third-order valence-electron chi connectivity index (χ3n) is 6.08. The number of carbonyl (C=O) groups excluding carboxylic acids is 2. The number of aliphatic hydroxyl groups excluding tert-OH is 4. The maximum absolute atomic E-state index is 12.2. The van der Waals surface area contributed by atoms with Crippen molar-refractivity contribution in [2.75, 3.05) is 20.3 Å². The van der Waals surface area contributed by atoms with Crippen molar-refractivity contribution in [3.63, 3.8) is 0 Å². The van der Waals surface area contributed by atoms with E-state index in [-0.39, 0.29) is 17.8 Å². The molecule has 2 aliphatic rings. The van der Waals surface area contributed by atoms with E-state index in [0.29, 0.717) is 0 Å². The van der Waals surface area contributed by atoms with Crippen LogP contribution in [0.1, 0.15) is 12.0 Å². The fourth-order valence-electron chi connectivity index (χ4n) is 3.96. The Morgan fingerprint density at radius 2 is 1.77 bits per heavy atom. The minimum absolute atomic E-state index is 0.0251. The molecule has 0 radical (unpaired) electrons. The molecular formula is C26H30O13. The highest BCUT2D eigenvalue weighted by molar-refractivity contribution is 5.89. The van der Waals surface area contributed by atoms with Gasteiger partial charge in [0.1, 0.15) is 31.0 Å². The number of carboxylic acid groups (broad SMARTS) is 1. The summed E-state index contributed by atoms with van der Waals surface area (Å²) in [5.41, 5.74) is 0.462. The number of carboxylic acids is 1. The van der Waals surface area contributed by atoms with Crippen LogP contribution in [0.3, 0.4) is 0 Å². The van der Waals surface area contributed by atoms with Gasteiger partial charge >= 0.3 is 17.9 Å². The molecule has 0 amide bonds. The highest BCUT2D eigenvalue weighted by Crippen LogP contribution is 2.35. The lowest BCUT2D eigenvalue weighted by Crippen LogP contribution is -2.60. The van der Waals surface area contributed by atoms with E-state index in [1.54, 1.807) is 24.3 Å². The van der Waals surface area contributed by atoms with Crippen LogP contribution in [0.5, 0.6) is 0 Å². The molecular weight excluding hydrogens is 520 g/mol. The Balaban J connectivity index is 1.84. The second kappa shape index (κ2) is 14.0. The summed E-state index contributed by atoms with van der Waals surface area (Å²) in [4.78, 5) is 36.2. The molecule has 0 unspecified atom stereocenters. The predicted molar refractivity (Wildman–Crippen MR) is 130 cm³/mol. The normalized spacial score (nSPS) is 29.9. The molecule has 1 aromatic carbocycles. The number of aliphatic hydroxyl groups is 4. The molecule has 0 saturated carbocycles. The van der Waals surface area contributed by atoms with Crippen LogP contribution in [0.15, 0.2) is 59.9 Å². The first-order valence-electron chi connectivity index (χ1n) is 11.9. The highest BCUT2D eigenvalue weighted by atomic mass is 16.8. The van der Waals surface area contributed by atoms with Gasteiger partial charge in [-0.15, -0.1) is 0 Å². The van der Waals surface area contributed by atoms with E-state index < -0.39 is 73.8 Å². The highest BCUT2D eigenvalue weighted by Gasteiger charge is 2.46. The molecule has 1 fully saturated rings. The molecule has 0 aliphatic carbocycles. The molecule has 13 nitrogen and oxygen atoms in total. The number of esters is 2. The van der Waals surface area contributed by atoms with Gasteiger partial charge in [0.05, 0.1) is 32.0 Å². The van der Waals surface area contributed by atoms with E-state index >= 15 is 0 Å². The fourth-order valence-corrected chi connectivity index (χ4v) is 3.96. The van der Waals surface area contributed by atoms with E-state index in [9.17, 15) is 39.9 Å². The van der Waals surface area contributed by atoms with E-state index in [1.165, 1.54) is 18.2 Å². The van der Waals surface area contributed by atoms with Gasteiger partial charge in [0.2, 0.25) is 6.29 Å². The minimum atomic E-state index is -1.78. The molecule has 0 aromatic heterocycles. The lowest BCUT2D eigenvalue weighted by atomic mass is 9.86. The fraction of sp³-hybridized carbons (Fsp3) is 0.423. The standard InChI is InChI=1S/C26H30O13/c1-35-20(29)11-16-15(9-10-36-19(28)8-7-14-5-3-2-4-6-14)25(37-13-17(16)24(33)34)39-26-23(32)22(31)21(30)18(12-27)38-26/h2-9,13,16,18,21-23,25-27,30-32H,10-12H2,1H3,(H,33,34)/b8-7+,15-9?/t16-,18+,21+,22-,23+,25-,26-/m0/s1. The minimum Gasteiger partial charge on any atom is -0.478 e. The Hall–Kier alpha value is -3.59. The zero-order chi connectivity index (χ0) is 28.5. The summed E-state index contributed by atoms with van der Waals surface area (Å²) in [5.74, 6) is -4.02. The summed E-state index contributed by atoms with van der Waals surface area (Å²) in [6.45, 7) is -1.09. The topological polar surface area (TPSA) is 199 Å². The molecule has 5 N–H and O–H groups in total. The average molecular weight is 551 g/mol. The smallest absolute Gasteiger partial charge is 0.335 e. The van der Waals surface area contributed by atoms with Gasteiger partial charge in [-0.05, 0) is 17.7 Å². The summed E-state index contributed by atoms with van der Waals surface area (Å²) in [5, 5.41) is 49.5. The molecule has 0 bridgehead atoms. The van der Waals surface area contributed by atoms with E-state index in [1.807, 2.05) is 6.07 Å². The van der Waals surface area contributed by atoms with Crippen LogP contribution in [0.2, 0.25) is 0 Å². The number of methoxy groups -OCH3 is 1. The van der Waals surface area contributed by atoms with Gasteiger partial charge in [-0.2, -0.15) is 0 Å². The average Bonchev–Trinajstić information content (AvgIpc) is 2.93. The third kappa shape index (κ3) is 7.72. The van der Waals surface area contributed by atoms with Crippen molar-refractivity contribution < 1.29 is 63.6 Å². The van der Waals surface area contributed by atoms with Crippen molar-refractivity contribution in [3.05, 3.63) is 65.5 Å². The van der Waals surface area contributed by atoms with Crippen molar-refractivity contribution >= 4 is 24.0 Å². The first kappa shape index (κ1) is 30.0. The first-order valence-corrected chi connectivity index (χ1v) is 11.9. The Labute approximate surface area is 223 Å². The molecule has 0 spiro atoms. The summed E-state index contributed by atoms with van der Waals surface area (Å²) in [6, 6.07) is 8.97. The Kier molecular flexibility index (Phi) is 10.7. The van der Waals surface area contributed by atoms with Gasteiger partial charge in [0, 0.05) is 17.6 Å². The number of hydrogen-bond acceptors (Lipinski definition) is 12. The van der Waals surface area contributed by atoms with Crippen LogP contribution in [-0.4, -0.2) is 101 Å². The zero-order valence-electron chi connectivity index (χ0n) is 20.9. The number of rotatable bonds is 10. The molecule has 39 heavy (non-hydrogen) atoms. The van der Waals surface area contributed by atoms with Crippen LogP contribution >= 0.6 is 0 Å². The van der Waals surface area contributed by atoms with Crippen molar-refractivity contribution in [1.29, 1.82) is 0 Å². The molecule has 7 atom stereocenters. The van der Waals surface area contributed by atoms with Gasteiger partial charge in [0.15, 0.2) is 6.29 Å². The maximum Gasteiger partial charge on any atom is 0.335 e. The molecule has 212 valence electrons. The number of carbonyl (C=O) groups is 3. The van der Waals surface area contributed by atoms with Crippen molar-refractivity contribution in [2.24, 2.45) is 5.92 Å². The van der Waals surface area contributed by atoms with Crippen LogP contribution in [0.25, 0.3) is 6.08 Å². The summed E-state index contributed by atoms with van der Waals surface area (Å²) >= 11 is 0. The summed E-state index contributed by atoms with van der Waals surface area (Å²) < 4.78 is 26.3. The van der Waals surface area contributed by atoms with Crippen molar-refractivity contribution in [2.45, 2.75) is 43.4 Å². The van der Waals surface area contributed by atoms with Gasteiger partial charge in [-0.3, -0.25) is 4.79 Å². The van der Waals surface area contributed by atoms with Crippen LogP contribution < -0.4 is 0 Å². The Morgan fingerprint density at radius 3 is 2.41 bits per heavy atom. The summed E-state index contributed by atoms with van der Waals surface area (Å²) in [7, 11) is 1.12. The number of benzene rings is 1. The monoisotopic (exact) mass is 550 g/mol. The molecule has 3 rings (SSSR count). The SMILES string of the molecule is COC(=O)C[C@@H]1C(C(=O)O)=CO[C@@H](O[C@@H]2O[C@H](CO)[C@@H](O)[C@H](O)[C@H]2O)C1=CCOC(=O)/C=C/c1ccccc1. The van der Waals surface area contributed by atoms with Crippen molar-refractivity contribution in [1.82, 2.24) is 0 Å². The molecule has 1 aromatic rings. The largest absolute Gasteiger partial charge is 0.478 e. The molecule has 2 heterocycles. The van der Waals surface area contributed by atoms with Crippen LogP contribution in [0, 0.1) is 5.92 Å². The molecule has 2 aliphatic heterocycles. The van der Waals surface area contributed by atoms with Crippen LogP contribution in [0.4, 0.5) is 0 Å². The number of aliphatic carboxylic acids is 1. The first-order chi connectivity index (χ1) is 18.7. The Bertz CT molecular complexity index is 1090. The number of ether oxygens (including phenoxy) is 5. The lowest BCUT2D eigenvalue weighted by molar-refractivity contribution is -0.327. The van der Waals surface area contributed by atoms with Gasteiger partial charge in [-0.1, -0.05) is 30.3 Å². The van der Waals surface area contributed by atoms with E-state index in [2.05, 4.69) is 4.74 Å².